The molecule has 0 spiro atoms. The molecule has 2 N–H and O–H groups in total. The average molecular weight is 425 g/mol. The van der Waals surface area contributed by atoms with Gasteiger partial charge in [0, 0.05) is 22.9 Å². The van der Waals surface area contributed by atoms with E-state index in [4.69, 9.17) is 28.5 Å². The van der Waals surface area contributed by atoms with E-state index in [9.17, 15) is 4.79 Å². The number of halogens is 3. The van der Waals surface area contributed by atoms with Crippen molar-refractivity contribution >= 4 is 50.7 Å². The second kappa shape index (κ2) is 8.74. The molecule has 7 heteroatoms. The molecular formula is C17H12BrCl2N3O. The molecular weight excluding hydrogens is 413 g/mol. The standard InChI is InChI=1S/C17H12BrCl2N3O/c18-13-3-1-2-11(6-13)9-22-10-12(8-21)17(24)23-14-4-5-15(19)16(20)7-14/h1-7,10,22H,9H2,(H,23,24)/b12-10-. The summed E-state index contributed by atoms with van der Waals surface area (Å²) >= 11 is 15.1. The van der Waals surface area contributed by atoms with Gasteiger partial charge in [-0.1, -0.05) is 51.3 Å². The number of benzene rings is 2. The molecule has 0 radical (unpaired) electrons. The summed E-state index contributed by atoms with van der Waals surface area (Å²) in [5.41, 5.74) is 1.43. The molecule has 0 aliphatic rings. The average Bonchev–Trinajstić information content (AvgIpc) is 2.55. The van der Waals surface area contributed by atoms with E-state index in [0.717, 1.165) is 10.0 Å². The van der Waals surface area contributed by atoms with Crippen LogP contribution in [0.1, 0.15) is 5.56 Å². The minimum absolute atomic E-state index is 0.0453. The highest BCUT2D eigenvalue weighted by Gasteiger charge is 2.10. The zero-order chi connectivity index (χ0) is 17.5. The van der Waals surface area contributed by atoms with Crippen molar-refractivity contribution in [2.75, 3.05) is 5.32 Å². The Morgan fingerprint density at radius 3 is 2.67 bits per heavy atom. The summed E-state index contributed by atoms with van der Waals surface area (Å²) in [7, 11) is 0. The van der Waals surface area contributed by atoms with Crippen molar-refractivity contribution in [2.24, 2.45) is 0 Å². The molecule has 1 amide bonds. The summed E-state index contributed by atoms with van der Waals surface area (Å²) in [4.78, 5) is 12.1. The lowest BCUT2D eigenvalue weighted by Gasteiger charge is -2.06. The summed E-state index contributed by atoms with van der Waals surface area (Å²) in [5, 5.41) is 15.4. The van der Waals surface area contributed by atoms with Crippen LogP contribution < -0.4 is 10.6 Å². The van der Waals surface area contributed by atoms with Gasteiger partial charge in [0.2, 0.25) is 0 Å². The lowest BCUT2D eigenvalue weighted by atomic mass is 10.2. The largest absolute Gasteiger partial charge is 0.386 e. The number of amides is 1. The van der Waals surface area contributed by atoms with Gasteiger partial charge in [0.25, 0.3) is 5.91 Å². The molecule has 4 nitrogen and oxygen atoms in total. The number of anilines is 1. The smallest absolute Gasteiger partial charge is 0.267 e. The van der Waals surface area contributed by atoms with Crippen LogP contribution >= 0.6 is 39.1 Å². The number of nitriles is 1. The minimum atomic E-state index is -0.530. The van der Waals surface area contributed by atoms with Gasteiger partial charge >= 0.3 is 0 Å². The number of carbonyl (C=O) groups excluding carboxylic acids is 1. The Kier molecular flexibility index (Phi) is 6.68. The van der Waals surface area contributed by atoms with E-state index in [0.29, 0.717) is 22.3 Å². The molecule has 122 valence electrons. The monoisotopic (exact) mass is 423 g/mol. The molecule has 0 saturated heterocycles. The van der Waals surface area contributed by atoms with Crippen LogP contribution in [0.15, 0.2) is 58.7 Å². The van der Waals surface area contributed by atoms with Gasteiger partial charge in [-0.3, -0.25) is 4.79 Å². The molecule has 0 saturated carbocycles. The first-order chi connectivity index (χ1) is 11.5. The van der Waals surface area contributed by atoms with Crippen molar-refractivity contribution in [3.05, 3.63) is 74.3 Å². The Morgan fingerprint density at radius 2 is 2.00 bits per heavy atom. The van der Waals surface area contributed by atoms with Crippen LogP contribution in [0.2, 0.25) is 10.0 Å². The van der Waals surface area contributed by atoms with Gasteiger partial charge in [0.05, 0.1) is 10.0 Å². The third kappa shape index (κ3) is 5.27. The van der Waals surface area contributed by atoms with Gasteiger partial charge in [-0.05, 0) is 35.9 Å². The Bertz CT molecular complexity index is 831. The lowest BCUT2D eigenvalue weighted by Crippen LogP contribution is -2.16. The fraction of sp³-hybridized carbons (Fsp3) is 0.0588. The molecule has 0 unspecified atom stereocenters. The lowest BCUT2D eigenvalue weighted by molar-refractivity contribution is -0.112. The van der Waals surface area contributed by atoms with Crippen LogP contribution in [0.4, 0.5) is 5.69 Å². The third-order valence-corrected chi connectivity index (χ3v) is 4.22. The minimum Gasteiger partial charge on any atom is -0.386 e. The number of hydrogen-bond acceptors (Lipinski definition) is 3. The first kappa shape index (κ1) is 18.3. The zero-order valence-corrected chi connectivity index (χ0v) is 15.4. The second-order valence-corrected chi connectivity index (χ2v) is 6.49. The number of nitrogens with one attached hydrogen (secondary N) is 2. The van der Waals surface area contributed by atoms with E-state index >= 15 is 0 Å². The zero-order valence-electron chi connectivity index (χ0n) is 12.3. The van der Waals surface area contributed by atoms with Gasteiger partial charge in [-0.15, -0.1) is 0 Å². The Labute approximate surface area is 158 Å². The van der Waals surface area contributed by atoms with Crippen LogP contribution in [0.5, 0.6) is 0 Å². The maximum absolute atomic E-state index is 12.1. The highest BCUT2D eigenvalue weighted by molar-refractivity contribution is 9.10. The maximum Gasteiger partial charge on any atom is 0.267 e. The van der Waals surface area contributed by atoms with Crippen LogP contribution in [0.3, 0.4) is 0 Å². The van der Waals surface area contributed by atoms with E-state index in [1.165, 1.54) is 12.3 Å². The van der Waals surface area contributed by atoms with Crippen molar-refractivity contribution in [2.45, 2.75) is 6.54 Å². The van der Waals surface area contributed by atoms with Gasteiger partial charge in [-0.2, -0.15) is 5.26 Å². The van der Waals surface area contributed by atoms with E-state index in [2.05, 4.69) is 26.6 Å². The molecule has 0 bridgehead atoms. The van der Waals surface area contributed by atoms with Crippen LogP contribution in [0.25, 0.3) is 0 Å². The molecule has 2 aromatic rings. The number of carbonyl (C=O) groups is 1. The van der Waals surface area contributed by atoms with Crippen molar-refractivity contribution in [3.63, 3.8) is 0 Å². The van der Waals surface area contributed by atoms with Gasteiger partial charge in [0.1, 0.15) is 11.6 Å². The molecule has 24 heavy (non-hydrogen) atoms. The van der Waals surface area contributed by atoms with Crippen molar-refractivity contribution in [1.29, 1.82) is 5.26 Å². The van der Waals surface area contributed by atoms with E-state index in [1.807, 2.05) is 30.3 Å². The Hall–Kier alpha value is -2.00. The van der Waals surface area contributed by atoms with Crippen LogP contribution in [-0.4, -0.2) is 5.91 Å². The topological polar surface area (TPSA) is 64.9 Å². The number of rotatable bonds is 5. The van der Waals surface area contributed by atoms with Gasteiger partial charge in [0.15, 0.2) is 0 Å². The summed E-state index contributed by atoms with van der Waals surface area (Å²) in [6.45, 7) is 0.491. The van der Waals surface area contributed by atoms with E-state index in [1.54, 1.807) is 12.1 Å². The summed E-state index contributed by atoms with van der Waals surface area (Å²) in [6.07, 6.45) is 1.38. The summed E-state index contributed by atoms with van der Waals surface area (Å²) in [5.74, 6) is -0.530. The van der Waals surface area contributed by atoms with Crippen LogP contribution in [0, 0.1) is 11.3 Å². The highest BCUT2D eigenvalue weighted by atomic mass is 79.9. The SMILES string of the molecule is N#C/C(=C/NCc1cccc(Br)c1)C(=O)Nc1ccc(Cl)c(Cl)c1. The maximum atomic E-state index is 12.1. The van der Waals surface area contributed by atoms with Gasteiger partial charge in [-0.25, -0.2) is 0 Å². The van der Waals surface area contributed by atoms with Crippen LogP contribution in [-0.2, 0) is 11.3 Å². The number of hydrogen-bond donors (Lipinski definition) is 2. The predicted octanol–water partition coefficient (Wildman–Crippen LogP) is 4.89. The first-order valence-electron chi connectivity index (χ1n) is 6.84. The molecule has 0 aliphatic carbocycles. The normalized spacial score (nSPS) is 10.8. The number of nitrogens with zero attached hydrogens (tertiary/aromatic N) is 1. The third-order valence-electron chi connectivity index (χ3n) is 2.98. The van der Waals surface area contributed by atoms with E-state index < -0.39 is 5.91 Å². The molecule has 0 fully saturated rings. The Balaban J connectivity index is 2.00. The molecule has 0 atom stereocenters. The quantitative estimate of drug-likeness (QED) is 0.530. The fourth-order valence-electron chi connectivity index (χ4n) is 1.84. The summed E-state index contributed by atoms with van der Waals surface area (Å²) < 4.78 is 0.962. The first-order valence-corrected chi connectivity index (χ1v) is 8.39. The van der Waals surface area contributed by atoms with Gasteiger partial charge < -0.3 is 10.6 Å². The molecule has 0 heterocycles. The van der Waals surface area contributed by atoms with Crippen molar-refractivity contribution in [3.8, 4) is 6.07 Å². The predicted molar refractivity (Wildman–Crippen MR) is 99.8 cm³/mol. The molecule has 2 aromatic carbocycles. The molecule has 2 rings (SSSR count). The summed E-state index contributed by atoms with van der Waals surface area (Å²) in [6, 6.07) is 14.3. The van der Waals surface area contributed by atoms with E-state index in [-0.39, 0.29) is 5.57 Å². The van der Waals surface area contributed by atoms with Crippen molar-refractivity contribution < 1.29 is 4.79 Å². The van der Waals surface area contributed by atoms with Crippen molar-refractivity contribution in [1.82, 2.24) is 5.32 Å². The highest BCUT2D eigenvalue weighted by Crippen LogP contribution is 2.25. The Morgan fingerprint density at radius 1 is 1.21 bits per heavy atom. The molecule has 0 aromatic heterocycles. The molecule has 0 aliphatic heterocycles. The second-order valence-electron chi connectivity index (χ2n) is 4.76. The fourth-order valence-corrected chi connectivity index (χ4v) is 2.58.